The number of aryl methyl sites for hydroxylation is 1. The van der Waals surface area contributed by atoms with Gasteiger partial charge in [-0.3, -0.25) is 10.1 Å². The number of aromatic nitrogens is 2. The van der Waals surface area contributed by atoms with Gasteiger partial charge in [0.1, 0.15) is 0 Å². The van der Waals surface area contributed by atoms with E-state index in [1.54, 1.807) is 18.2 Å². The average molecular weight is 387 g/mol. The fraction of sp³-hybridized carbons (Fsp3) is 0.200. The van der Waals surface area contributed by atoms with Gasteiger partial charge in [0.05, 0.1) is 16.2 Å². The first-order valence-electron chi connectivity index (χ1n) is 8.58. The third-order valence-electron chi connectivity index (χ3n) is 4.13. The van der Waals surface area contributed by atoms with Gasteiger partial charge in [-0.15, -0.1) is 0 Å². The lowest BCUT2D eigenvalue weighted by Crippen LogP contribution is -2.04. The molecule has 144 valence electrons. The number of benzene rings is 2. The van der Waals surface area contributed by atoms with E-state index >= 15 is 0 Å². The highest BCUT2D eigenvalue weighted by Crippen LogP contribution is 2.31. The molecule has 0 saturated carbocycles. The fourth-order valence-corrected chi connectivity index (χ4v) is 2.72. The first kappa shape index (κ1) is 19.5. The monoisotopic (exact) mass is 387 g/mol. The largest absolute Gasteiger partial charge is 0.416 e. The van der Waals surface area contributed by atoms with E-state index in [0.717, 1.165) is 24.2 Å². The molecule has 3 aromatic rings. The molecular formula is C20H16F3N3O2. The molecule has 2 aromatic carbocycles. The van der Waals surface area contributed by atoms with Crippen LogP contribution in [0.25, 0.3) is 22.6 Å². The van der Waals surface area contributed by atoms with Crippen molar-refractivity contribution in [1.82, 2.24) is 9.97 Å². The average Bonchev–Trinajstić information content (AvgIpc) is 2.67. The second-order valence-corrected chi connectivity index (χ2v) is 6.20. The lowest BCUT2D eigenvalue weighted by atomic mass is 10.1. The molecule has 5 nitrogen and oxygen atoms in total. The van der Waals surface area contributed by atoms with Crippen LogP contribution in [0.2, 0.25) is 0 Å². The minimum absolute atomic E-state index is 0.0328. The predicted molar refractivity (Wildman–Crippen MR) is 98.6 cm³/mol. The molecule has 0 aliphatic heterocycles. The molecule has 0 aliphatic carbocycles. The maximum absolute atomic E-state index is 12.8. The summed E-state index contributed by atoms with van der Waals surface area (Å²) in [6.07, 6.45) is -2.90. The smallest absolute Gasteiger partial charge is 0.258 e. The van der Waals surface area contributed by atoms with Gasteiger partial charge in [-0.05, 0) is 36.8 Å². The quantitative estimate of drug-likeness (QED) is 0.417. The van der Waals surface area contributed by atoms with Gasteiger partial charge in [-0.1, -0.05) is 25.5 Å². The van der Waals surface area contributed by atoms with Gasteiger partial charge in [-0.2, -0.15) is 13.2 Å². The van der Waals surface area contributed by atoms with Crippen molar-refractivity contribution in [3.63, 3.8) is 0 Å². The summed E-state index contributed by atoms with van der Waals surface area (Å²) in [6.45, 7) is 1.99. The Morgan fingerprint density at radius 1 is 0.964 bits per heavy atom. The Labute approximate surface area is 159 Å². The summed E-state index contributed by atoms with van der Waals surface area (Å²) in [5, 5.41) is 10.8. The van der Waals surface area contributed by atoms with Crippen LogP contribution in [0.4, 0.5) is 18.9 Å². The van der Waals surface area contributed by atoms with E-state index < -0.39 is 16.7 Å². The van der Waals surface area contributed by atoms with E-state index in [9.17, 15) is 23.3 Å². The highest BCUT2D eigenvalue weighted by Gasteiger charge is 2.30. The number of non-ortho nitro benzene ring substituents is 1. The third kappa shape index (κ3) is 4.33. The third-order valence-corrected chi connectivity index (χ3v) is 4.13. The van der Waals surface area contributed by atoms with Crippen LogP contribution in [0, 0.1) is 10.1 Å². The van der Waals surface area contributed by atoms with Gasteiger partial charge in [-0.25, -0.2) is 9.97 Å². The molecule has 0 unspecified atom stereocenters. The summed E-state index contributed by atoms with van der Waals surface area (Å²) >= 11 is 0. The Morgan fingerprint density at radius 2 is 1.57 bits per heavy atom. The lowest BCUT2D eigenvalue weighted by Gasteiger charge is -2.10. The fourth-order valence-electron chi connectivity index (χ4n) is 2.72. The van der Waals surface area contributed by atoms with Crippen LogP contribution in [-0.2, 0) is 12.6 Å². The zero-order valence-electron chi connectivity index (χ0n) is 14.9. The molecule has 8 heteroatoms. The van der Waals surface area contributed by atoms with Crippen molar-refractivity contribution in [1.29, 1.82) is 0 Å². The summed E-state index contributed by atoms with van der Waals surface area (Å²) in [4.78, 5) is 19.3. The molecule has 0 N–H and O–H groups in total. The van der Waals surface area contributed by atoms with Crippen LogP contribution in [-0.4, -0.2) is 14.9 Å². The van der Waals surface area contributed by atoms with E-state index in [1.807, 2.05) is 6.92 Å². The maximum Gasteiger partial charge on any atom is 0.416 e. The molecule has 0 bridgehead atoms. The number of nitrogens with zero attached hydrogens (tertiary/aromatic N) is 3. The van der Waals surface area contributed by atoms with Crippen molar-refractivity contribution in [3.8, 4) is 22.6 Å². The summed E-state index contributed by atoms with van der Waals surface area (Å²) in [6, 6.07) is 12.4. The van der Waals surface area contributed by atoms with Gasteiger partial charge in [0.25, 0.3) is 5.69 Å². The molecule has 0 aliphatic rings. The highest BCUT2D eigenvalue weighted by molar-refractivity contribution is 5.65. The van der Waals surface area contributed by atoms with Crippen molar-refractivity contribution < 1.29 is 18.1 Å². The van der Waals surface area contributed by atoms with Crippen molar-refractivity contribution in [3.05, 3.63) is 76.0 Å². The van der Waals surface area contributed by atoms with Crippen LogP contribution in [0.3, 0.4) is 0 Å². The molecule has 28 heavy (non-hydrogen) atoms. The van der Waals surface area contributed by atoms with Gasteiger partial charge in [0.2, 0.25) is 0 Å². The topological polar surface area (TPSA) is 68.9 Å². The van der Waals surface area contributed by atoms with Crippen molar-refractivity contribution in [2.24, 2.45) is 0 Å². The van der Waals surface area contributed by atoms with Crippen LogP contribution >= 0.6 is 0 Å². The summed E-state index contributed by atoms with van der Waals surface area (Å²) < 4.78 is 38.3. The van der Waals surface area contributed by atoms with Gasteiger partial charge in [0.15, 0.2) is 5.82 Å². The minimum atomic E-state index is -4.41. The van der Waals surface area contributed by atoms with E-state index in [4.69, 9.17) is 0 Å². The van der Waals surface area contributed by atoms with Gasteiger partial charge in [0, 0.05) is 29.0 Å². The molecule has 0 spiro atoms. The first-order chi connectivity index (χ1) is 13.3. The van der Waals surface area contributed by atoms with Crippen LogP contribution in [0.1, 0.15) is 24.6 Å². The number of rotatable bonds is 5. The first-order valence-corrected chi connectivity index (χ1v) is 8.58. The molecule has 1 aromatic heterocycles. The molecule has 0 atom stereocenters. The Bertz CT molecular complexity index is 985. The molecular weight excluding hydrogens is 371 g/mol. The zero-order chi connectivity index (χ0) is 20.3. The number of nitro benzene ring substituents is 1. The lowest BCUT2D eigenvalue weighted by molar-refractivity contribution is -0.384. The maximum atomic E-state index is 12.8. The van der Waals surface area contributed by atoms with E-state index in [2.05, 4.69) is 9.97 Å². The molecule has 3 rings (SSSR count). The SMILES string of the molecule is CCCc1cc(-c2ccc([N+](=O)[O-])cc2)nc(-c2ccc(C(F)(F)F)cc2)n1. The van der Waals surface area contributed by atoms with Crippen LogP contribution in [0.5, 0.6) is 0 Å². The number of halogens is 3. The predicted octanol–water partition coefficient (Wildman–Crippen LogP) is 5.69. The standard InChI is InChI=1S/C20H16F3N3O2/c1-2-3-16-12-18(13-6-10-17(11-7-13)26(27)28)25-19(24-16)14-4-8-15(9-5-14)20(21,22)23/h4-12H,2-3H2,1H3. The molecule has 0 saturated heterocycles. The highest BCUT2D eigenvalue weighted by atomic mass is 19.4. The molecule has 0 radical (unpaired) electrons. The minimum Gasteiger partial charge on any atom is -0.258 e. The van der Waals surface area contributed by atoms with Gasteiger partial charge < -0.3 is 0 Å². The normalized spacial score (nSPS) is 11.4. The Morgan fingerprint density at radius 3 is 2.11 bits per heavy atom. The second kappa shape index (κ2) is 7.75. The van der Waals surface area contributed by atoms with Crippen molar-refractivity contribution in [2.75, 3.05) is 0 Å². The Kier molecular flexibility index (Phi) is 5.39. The Balaban J connectivity index is 2.03. The van der Waals surface area contributed by atoms with Crippen molar-refractivity contribution >= 4 is 5.69 Å². The summed E-state index contributed by atoms with van der Waals surface area (Å²) in [5.41, 5.74) is 1.67. The van der Waals surface area contributed by atoms with Gasteiger partial charge >= 0.3 is 6.18 Å². The zero-order valence-corrected chi connectivity index (χ0v) is 14.9. The number of alkyl halides is 3. The Hall–Kier alpha value is -3.29. The van der Waals surface area contributed by atoms with Crippen molar-refractivity contribution in [2.45, 2.75) is 25.9 Å². The van der Waals surface area contributed by atoms with Crippen LogP contribution in [0.15, 0.2) is 54.6 Å². The van der Waals surface area contributed by atoms with E-state index in [1.165, 1.54) is 24.3 Å². The van der Waals surface area contributed by atoms with E-state index in [0.29, 0.717) is 29.1 Å². The molecule has 1 heterocycles. The number of hydrogen-bond donors (Lipinski definition) is 0. The molecule has 0 amide bonds. The number of hydrogen-bond acceptors (Lipinski definition) is 4. The van der Waals surface area contributed by atoms with Crippen LogP contribution < -0.4 is 0 Å². The summed E-state index contributed by atoms with van der Waals surface area (Å²) in [5.74, 6) is 0.313. The van der Waals surface area contributed by atoms with E-state index in [-0.39, 0.29) is 5.69 Å². The second-order valence-electron chi connectivity index (χ2n) is 6.20. The summed E-state index contributed by atoms with van der Waals surface area (Å²) in [7, 11) is 0. The molecule has 0 fully saturated rings. The number of nitro groups is 1.